The van der Waals surface area contributed by atoms with E-state index in [2.05, 4.69) is 54.2 Å². The Morgan fingerprint density at radius 2 is 1.75 bits per heavy atom. The number of para-hydroxylation sites is 1. The zero-order valence-corrected chi connectivity index (χ0v) is 16.0. The monoisotopic (exact) mass is 389 g/mol. The lowest BCUT2D eigenvalue weighted by molar-refractivity contribution is -0.116. The van der Waals surface area contributed by atoms with Crippen LogP contribution in [0.3, 0.4) is 0 Å². The molecule has 1 amide bonds. The standard InChI is InChI=1S/C20H24BrNO2/c1-20(2,3)15-10-12-16(13-11-15)24-14-6-9-19(23)22-18-8-5-4-7-17(18)21/h4-5,7-8,10-13H,6,9,14H2,1-3H3,(H,22,23). The second kappa shape index (κ2) is 8.34. The van der Waals surface area contributed by atoms with Crippen LogP contribution in [0, 0.1) is 0 Å². The first-order valence-corrected chi connectivity index (χ1v) is 8.93. The third-order valence-electron chi connectivity index (χ3n) is 3.69. The molecular formula is C20H24BrNO2. The van der Waals surface area contributed by atoms with Crippen LogP contribution in [0.15, 0.2) is 53.0 Å². The number of hydrogen-bond donors (Lipinski definition) is 1. The molecule has 0 bridgehead atoms. The van der Waals surface area contributed by atoms with E-state index >= 15 is 0 Å². The van der Waals surface area contributed by atoms with Crippen molar-refractivity contribution < 1.29 is 9.53 Å². The number of carbonyl (C=O) groups excluding carboxylic acids is 1. The molecule has 128 valence electrons. The summed E-state index contributed by atoms with van der Waals surface area (Å²) in [6.07, 6.45) is 1.11. The number of rotatable bonds is 6. The summed E-state index contributed by atoms with van der Waals surface area (Å²) in [7, 11) is 0. The summed E-state index contributed by atoms with van der Waals surface area (Å²) in [5.41, 5.74) is 2.21. The van der Waals surface area contributed by atoms with E-state index < -0.39 is 0 Å². The van der Waals surface area contributed by atoms with Crippen molar-refractivity contribution in [3.8, 4) is 5.75 Å². The molecule has 0 aliphatic carbocycles. The molecule has 0 aliphatic rings. The fourth-order valence-corrected chi connectivity index (χ4v) is 2.63. The second-order valence-electron chi connectivity index (χ2n) is 6.75. The number of benzene rings is 2. The fraction of sp³-hybridized carbons (Fsp3) is 0.350. The maximum absolute atomic E-state index is 11.9. The van der Waals surface area contributed by atoms with E-state index in [0.717, 1.165) is 15.9 Å². The van der Waals surface area contributed by atoms with Crippen LogP contribution in [0.4, 0.5) is 5.69 Å². The first kappa shape index (κ1) is 18.5. The summed E-state index contributed by atoms with van der Waals surface area (Å²) in [6, 6.07) is 15.7. The molecule has 24 heavy (non-hydrogen) atoms. The van der Waals surface area contributed by atoms with Gasteiger partial charge >= 0.3 is 0 Å². The van der Waals surface area contributed by atoms with Crippen molar-refractivity contribution in [3.05, 3.63) is 58.6 Å². The number of hydrogen-bond acceptors (Lipinski definition) is 2. The smallest absolute Gasteiger partial charge is 0.224 e. The molecule has 0 aliphatic heterocycles. The van der Waals surface area contributed by atoms with Gasteiger partial charge in [-0.2, -0.15) is 0 Å². The summed E-state index contributed by atoms with van der Waals surface area (Å²) in [5.74, 6) is 0.836. The first-order valence-electron chi connectivity index (χ1n) is 8.14. The molecule has 0 saturated heterocycles. The number of carbonyl (C=O) groups is 1. The molecular weight excluding hydrogens is 366 g/mol. The number of halogens is 1. The van der Waals surface area contributed by atoms with E-state index in [1.807, 2.05) is 36.4 Å². The molecule has 0 aromatic heterocycles. The largest absolute Gasteiger partial charge is 0.494 e. The third-order valence-corrected chi connectivity index (χ3v) is 4.38. The molecule has 4 heteroatoms. The van der Waals surface area contributed by atoms with Gasteiger partial charge in [-0.1, -0.05) is 45.0 Å². The molecule has 0 fully saturated rings. The minimum Gasteiger partial charge on any atom is -0.494 e. The quantitative estimate of drug-likeness (QED) is 0.658. The lowest BCUT2D eigenvalue weighted by Crippen LogP contribution is -2.13. The molecule has 0 spiro atoms. The summed E-state index contributed by atoms with van der Waals surface area (Å²) >= 11 is 3.42. The van der Waals surface area contributed by atoms with E-state index in [0.29, 0.717) is 19.4 Å². The first-order chi connectivity index (χ1) is 11.4. The van der Waals surface area contributed by atoms with E-state index in [1.54, 1.807) is 0 Å². The van der Waals surface area contributed by atoms with Gasteiger partial charge in [0.05, 0.1) is 12.3 Å². The van der Waals surface area contributed by atoms with E-state index in [-0.39, 0.29) is 11.3 Å². The Kier molecular flexibility index (Phi) is 6.44. The van der Waals surface area contributed by atoms with Gasteiger partial charge in [-0.05, 0) is 57.6 Å². The summed E-state index contributed by atoms with van der Waals surface area (Å²) in [6.45, 7) is 7.09. The number of ether oxygens (including phenoxy) is 1. The third kappa shape index (κ3) is 5.68. The molecule has 0 saturated carbocycles. The average Bonchev–Trinajstić information content (AvgIpc) is 2.53. The van der Waals surface area contributed by atoms with Gasteiger partial charge in [-0.15, -0.1) is 0 Å². The van der Waals surface area contributed by atoms with Crippen LogP contribution in [-0.2, 0) is 10.2 Å². The number of anilines is 1. The maximum atomic E-state index is 11.9. The minimum atomic E-state index is -0.00594. The Labute approximate surface area is 152 Å². The van der Waals surface area contributed by atoms with Gasteiger partial charge in [0.2, 0.25) is 5.91 Å². The summed E-state index contributed by atoms with van der Waals surface area (Å²) in [5, 5.41) is 2.89. The Balaban J connectivity index is 1.73. The predicted octanol–water partition coefficient (Wildman–Crippen LogP) is 5.54. The van der Waals surface area contributed by atoms with Gasteiger partial charge < -0.3 is 10.1 Å². The van der Waals surface area contributed by atoms with E-state index in [9.17, 15) is 4.79 Å². The van der Waals surface area contributed by atoms with Gasteiger partial charge in [0.15, 0.2) is 0 Å². The minimum absolute atomic E-state index is 0.00594. The number of amides is 1. The highest BCUT2D eigenvalue weighted by atomic mass is 79.9. The van der Waals surface area contributed by atoms with Crippen LogP contribution in [0.2, 0.25) is 0 Å². The van der Waals surface area contributed by atoms with Crippen LogP contribution in [0.25, 0.3) is 0 Å². The van der Waals surface area contributed by atoms with Crippen molar-refractivity contribution in [2.75, 3.05) is 11.9 Å². The molecule has 0 unspecified atom stereocenters. The Hall–Kier alpha value is -1.81. The second-order valence-corrected chi connectivity index (χ2v) is 7.61. The molecule has 3 nitrogen and oxygen atoms in total. The zero-order valence-electron chi connectivity index (χ0n) is 14.4. The lowest BCUT2D eigenvalue weighted by atomic mass is 9.87. The Morgan fingerprint density at radius 1 is 1.08 bits per heavy atom. The molecule has 2 rings (SSSR count). The topological polar surface area (TPSA) is 38.3 Å². The van der Waals surface area contributed by atoms with Crippen LogP contribution >= 0.6 is 15.9 Å². The molecule has 0 radical (unpaired) electrons. The SMILES string of the molecule is CC(C)(C)c1ccc(OCCCC(=O)Nc2ccccc2Br)cc1. The molecule has 1 N–H and O–H groups in total. The zero-order chi connectivity index (χ0) is 17.6. The van der Waals surface area contributed by atoms with Gasteiger partial charge in [-0.3, -0.25) is 4.79 Å². The van der Waals surface area contributed by atoms with Gasteiger partial charge in [0, 0.05) is 10.9 Å². The van der Waals surface area contributed by atoms with Crippen molar-refractivity contribution in [1.29, 1.82) is 0 Å². The van der Waals surface area contributed by atoms with Gasteiger partial charge in [0.25, 0.3) is 0 Å². The van der Waals surface area contributed by atoms with Gasteiger partial charge in [-0.25, -0.2) is 0 Å². The molecule has 0 heterocycles. The highest BCUT2D eigenvalue weighted by molar-refractivity contribution is 9.10. The van der Waals surface area contributed by atoms with Crippen molar-refractivity contribution in [3.63, 3.8) is 0 Å². The van der Waals surface area contributed by atoms with Crippen molar-refractivity contribution in [1.82, 2.24) is 0 Å². The number of nitrogens with one attached hydrogen (secondary N) is 1. The van der Waals surface area contributed by atoms with E-state index in [1.165, 1.54) is 5.56 Å². The Morgan fingerprint density at radius 3 is 2.38 bits per heavy atom. The Bertz CT molecular complexity index is 675. The molecule has 2 aromatic rings. The van der Waals surface area contributed by atoms with Crippen LogP contribution in [-0.4, -0.2) is 12.5 Å². The van der Waals surface area contributed by atoms with Gasteiger partial charge in [0.1, 0.15) is 5.75 Å². The highest BCUT2D eigenvalue weighted by Gasteiger charge is 2.13. The molecule has 2 aromatic carbocycles. The maximum Gasteiger partial charge on any atom is 0.224 e. The van der Waals surface area contributed by atoms with Crippen molar-refractivity contribution in [2.24, 2.45) is 0 Å². The van der Waals surface area contributed by atoms with Crippen LogP contribution in [0.1, 0.15) is 39.2 Å². The van der Waals surface area contributed by atoms with E-state index in [4.69, 9.17) is 4.74 Å². The van der Waals surface area contributed by atoms with Crippen molar-refractivity contribution in [2.45, 2.75) is 39.0 Å². The molecule has 0 atom stereocenters. The summed E-state index contributed by atoms with van der Waals surface area (Å²) < 4.78 is 6.59. The average molecular weight is 390 g/mol. The van der Waals surface area contributed by atoms with Crippen molar-refractivity contribution >= 4 is 27.5 Å². The normalized spacial score (nSPS) is 11.2. The predicted molar refractivity (Wildman–Crippen MR) is 103 cm³/mol. The fourth-order valence-electron chi connectivity index (χ4n) is 2.25. The highest BCUT2D eigenvalue weighted by Crippen LogP contribution is 2.24. The summed E-state index contributed by atoms with van der Waals surface area (Å²) in [4.78, 5) is 11.9. The lowest BCUT2D eigenvalue weighted by Gasteiger charge is -2.19. The van der Waals surface area contributed by atoms with Crippen LogP contribution in [0.5, 0.6) is 5.75 Å². The van der Waals surface area contributed by atoms with Crippen LogP contribution < -0.4 is 10.1 Å².